The molecule has 1 unspecified atom stereocenters. The predicted molar refractivity (Wildman–Crippen MR) is 104 cm³/mol. The maximum absolute atomic E-state index is 12.9. The van der Waals surface area contributed by atoms with Crippen molar-refractivity contribution < 1.29 is 9.53 Å². The van der Waals surface area contributed by atoms with Crippen LogP contribution in [0.3, 0.4) is 0 Å². The van der Waals surface area contributed by atoms with E-state index in [4.69, 9.17) is 10.5 Å². The molecule has 0 aromatic heterocycles. The van der Waals surface area contributed by atoms with Crippen LogP contribution in [0.4, 0.5) is 0 Å². The van der Waals surface area contributed by atoms with Gasteiger partial charge in [0, 0.05) is 37.9 Å². The van der Waals surface area contributed by atoms with Crippen LogP contribution in [0.2, 0.25) is 0 Å². The number of nitrogens with one attached hydrogen (secondary N) is 2. The van der Waals surface area contributed by atoms with Gasteiger partial charge in [-0.15, -0.1) is 0 Å². The first-order valence-corrected chi connectivity index (χ1v) is 9.98. The minimum absolute atomic E-state index is 0.0220. The topological polar surface area (TPSA) is 76.4 Å². The highest BCUT2D eigenvalue weighted by atomic mass is 16.5. The molecule has 0 bridgehead atoms. The van der Waals surface area contributed by atoms with Crippen molar-refractivity contribution in [3.05, 3.63) is 35.9 Å². The van der Waals surface area contributed by atoms with Crippen LogP contribution in [0.1, 0.15) is 57.1 Å². The van der Waals surface area contributed by atoms with E-state index in [-0.39, 0.29) is 17.5 Å². The number of nitrogens with two attached hydrogens (primary N) is 1. The Bertz CT molecular complexity index is 578. The number of hydrogen-bond acceptors (Lipinski definition) is 4. The molecule has 1 heterocycles. The van der Waals surface area contributed by atoms with Crippen molar-refractivity contribution in [3.8, 4) is 0 Å². The van der Waals surface area contributed by atoms with Crippen molar-refractivity contribution in [3.63, 3.8) is 0 Å². The van der Waals surface area contributed by atoms with Gasteiger partial charge in [0.1, 0.15) is 0 Å². The summed E-state index contributed by atoms with van der Waals surface area (Å²) in [5, 5.41) is 7.07. The molecule has 1 aromatic carbocycles. The summed E-state index contributed by atoms with van der Waals surface area (Å²) in [7, 11) is 0. The average Bonchev–Trinajstić information content (AvgIpc) is 3.16. The van der Waals surface area contributed by atoms with E-state index in [9.17, 15) is 4.79 Å². The molecule has 26 heavy (non-hydrogen) atoms. The highest BCUT2D eigenvalue weighted by Crippen LogP contribution is 2.33. The number of benzene rings is 1. The van der Waals surface area contributed by atoms with Crippen molar-refractivity contribution >= 4 is 5.91 Å². The summed E-state index contributed by atoms with van der Waals surface area (Å²) in [4.78, 5) is 12.9. The van der Waals surface area contributed by atoms with Gasteiger partial charge in [-0.05, 0) is 38.2 Å². The van der Waals surface area contributed by atoms with Gasteiger partial charge in [0.05, 0.1) is 5.41 Å². The van der Waals surface area contributed by atoms with Crippen LogP contribution in [-0.4, -0.2) is 37.7 Å². The van der Waals surface area contributed by atoms with E-state index >= 15 is 0 Å². The van der Waals surface area contributed by atoms with Gasteiger partial charge >= 0.3 is 0 Å². The normalized spacial score (nSPS) is 22.7. The Balaban J connectivity index is 1.63. The second-order valence-corrected chi connectivity index (χ2v) is 8.04. The largest absolute Gasteiger partial charge is 0.381 e. The number of amides is 1. The molecule has 1 aliphatic carbocycles. The van der Waals surface area contributed by atoms with Crippen LogP contribution in [0.5, 0.6) is 0 Å². The van der Waals surface area contributed by atoms with Gasteiger partial charge in [0.2, 0.25) is 5.91 Å². The monoisotopic (exact) mass is 359 g/mol. The quantitative estimate of drug-likeness (QED) is 0.699. The van der Waals surface area contributed by atoms with E-state index < -0.39 is 5.41 Å². The number of carbonyl (C=O) groups excluding carboxylic acids is 1. The molecule has 0 radical (unpaired) electrons. The standard InChI is InChI=1S/C21H33N3O2/c1-17(18-7-3-2-4-8-18)24-21(9-5-6-10-21)16-23-19(25)20(15-22)11-13-26-14-12-20/h2-4,7-8,17,24H,5-6,9-16,22H2,1H3,(H,23,25). The summed E-state index contributed by atoms with van der Waals surface area (Å²) < 4.78 is 5.43. The van der Waals surface area contributed by atoms with Gasteiger partial charge in [0.25, 0.3) is 0 Å². The van der Waals surface area contributed by atoms with Crippen molar-refractivity contribution in [1.82, 2.24) is 10.6 Å². The first-order valence-electron chi connectivity index (χ1n) is 9.98. The summed E-state index contributed by atoms with van der Waals surface area (Å²) in [6, 6.07) is 10.8. The zero-order chi connectivity index (χ0) is 18.5. The van der Waals surface area contributed by atoms with Crippen LogP contribution >= 0.6 is 0 Å². The van der Waals surface area contributed by atoms with E-state index in [2.05, 4.69) is 41.8 Å². The average molecular weight is 360 g/mol. The first-order chi connectivity index (χ1) is 12.6. The molecule has 3 rings (SSSR count). The van der Waals surface area contributed by atoms with E-state index in [1.165, 1.54) is 18.4 Å². The lowest BCUT2D eigenvalue weighted by atomic mass is 9.79. The zero-order valence-corrected chi connectivity index (χ0v) is 15.9. The van der Waals surface area contributed by atoms with Gasteiger partial charge in [-0.3, -0.25) is 4.79 Å². The van der Waals surface area contributed by atoms with Crippen LogP contribution in [0.25, 0.3) is 0 Å². The van der Waals surface area contributed by atoms with E-state index in [1.807, 2.05) is 6.07 Å². The molecule has 1 saturated heterocycles. The van der Waals surface area contributed by atoms with Crippen molar-refractivity contribution in [1.29, 1.82) is 0 Å². The maximum atomic E-state index is 12.9. The number of hydrogen-bond donors (Lipinski definition) is 3. The fraction of sp³-hybridized carbons (Fsp3) is 0.667. The SMILES string of the molecule is CC(NC1(CNC(=O)C2(CN)CCOCC2)CCCC1)c1ccccc1. The molecule has 2 fully saturated rings. The summed E-state index contributed by atoms with van der Waals surface area (Å²) in [5.41, 5.74) is 6.79. The highest BCUT2D eigenvalue weighted by Gasteiger charge is 2.41. The predicted octanol–water partition coefficient (Wildman–Crippen LogP) is 2.52. The van der Waals surface area contributed by atoms with E-state index in [0.29, 0.717) is 26.3 Å². The molecule has 1 aromatic rings. The lowest BCUT2D eigenvalue weighted by Gasteiger charge is -2.38. The number of ether oxygens (including phenoxy) is 1. The lowest BCUT2D eigenvalue weighted by molar-refractivity contribution is -0.136. The molecule has 1 atom stereocenters. The molecule has 2 aliphatic rings. The van der Waals surface area contributed by atoms with Crippen molar-refractivity contribution in [2.24, 2.45) is 11.1 Å². The molecule has 0 spiro atoms. The Labute approximate surface area is 157 Å². The van der Waals surface area contributed by atoms with Gasteiger partial charge in [-0.2, -0.15) is 0 Å². The molecule has 1 saturated carbocycles. The van der Waals surface area contributed by atoms with E-state index in [0.717, 1.165) is 25.7 Å². The summed E-state index contributed by atoms with van der Waals surface area (Å²) in [5.74, 6) is 0.101. The Morgan fingerprint density at radius 1 is 1.15 bits per heavy atom. The van der Waals surface area contributed by atoms with Gasteiger partial charge < -0.3 is 21.1 Å². The Morgan fingerprint density at radius 3 is 2.42 bits per heavy atom. The third kappa shape index (κ3) is 4.27. The molecule has 1 amide bonds. The van der Waals surface area contributed by atoms with E-state index in [1.54, 1.807) is 0 Å². The second kappa shape index (κ2) is 8.51. The van der Waals surface area contributed by atoms with Crippen LogP contribution in [-0.2, 0) is 9.53 Å². The lowest BCUT2D eigenvalue weighted by Crippen LogP contribution is -2.56. The van der Waals surface area contributed by atoms with Crippen molar-refractivity contribution in [2.75, 3.05) is 26.3 Å². The van der Waals surface area contributed by atoms with Gasteiger partial charge in [0.15, 0.2) is 0 Å². The molecule has 5 heteroatoms. The second-order valence-electron chi connectivity index (χ2n) is 8.04. The fourth-order valence-corrected chi connectivity index (χ4v) is 4.43. The highest BCUT2D eigenvalue weighted by molar-refractivity contribution is 5.83. The van der Waals surface area contributed by atoms with Gasteiger partial charge in [-0.25, -0.2) is 0 Å². The Hall–Kier alpha value is -1.43. The Kier molecular flexibility index (Phi) is 6.33. The summed E-state index contributed by atoms with van der Waals surface area (Å²) in [6.45, 7) is 4.52. The van der Waals surface area contributed by atoms with Crippen molar-refractivity contribution in [2.45, 2.75) is 57.0 Å². The number of carbonyl (C=O) groups is 1. The minimum atomic E-state index is -0.455. The molecular formula is C21H33N3O2. The summed E-state index contributed by atoms with van der Waals surface area (Å²) >= 11 is 0. The first kappa shape index (κ1) is 19.3. The summed E-state index contributed by atoms with van der Waals surface area (Å²) in [6.07, 6.45) is 6.05. The zero-order valence-electron chi connectivity index (χ0n) is 15.9. The van der Waals surface area contributed by atoms with Gasteiger partial charge in [-0.1, -0.05) is 43.2 Å². The molecular weight excluding hydrogens is 326 g/mol. The minimum Gasteiger partial charge on any atom is -0.381 e. The third-order valence-electron chi connectivity index (χ3n) is 6.29. The van der Waals surface area contributed by atoms with Crippen LogP contribution in [0.15, 0.2) is 30.3 Å². The molecule has 4 N–H and O–H groups in total. The Morgan fingerprint density at radius 2 is 1.81 bits per heavy atom. The molecule has 5 nitrogen and oxygen atoms in total. The molecule has 1 aliphatic heterocycles. The molecule has 144 valence electrons. The fourth-order valence-electron chi connectivity index (χ4n) is 4.43. The number of rotatable bonds is 7. The third-order valence-corrected chi connectivity index (χ3v) is 6.29. The maximum Gasteiger partial charge on any atom is 0.227 e. The van der Waals surface area contributed by atoms with Crippen LogP contribution < -0.4 is 16.4 Å². The van der Waals surface area contributed by atoms with Crippen LogP contribution in [0, 0.1) is 5.41 Å². The smallest absolute Gasteiger partial charge is 0.227 e.